The second-order valence-electron chi connectivity index (χ2n) is 6.23. The lowest BCUT2D eigenvalue weighted by molar-refractivity contribution is 0.333. The van der Waals surface area contributed by atoms with Gasteiger partial charge in [0.1, 0.15) is 4.90 Å². The van der Waals surface area contributed by atoms with E-state index >= 15 is 0 Å². The lowest BCUT2D eigenvalue weighted by Gasteiger charge is -2.25. The third-order valence-corrected chi connectivity index (χ3v) is 5.26. The average molecular weight is 301 g/mol. The van der Waals surface area contributed by atoms with Gasteiger partial charge in [-0.2, -0.15) is 9.40 Å². The molecule has 0 saturated carbocycles. The second kappa shape index (κ2) is 6.26. The van der Waals surface area contributed by atoms with Crippen LogP contribution in [-0.2, 0) is 17.1 Å². The Morgan fingerprint density at radius 1 is 1.10 bits per heavy atom. The Morgan fingerprint density at radius 3 is 1.85 bits per heavy atom. The minimum atomic E-state index is -3.48. The predicted octanol–water partition coefficient (Wildman–Crippen LogP) is 2.34. The van der Waals surface area contributed by atoms with Crippen LogP contribution in [0, 0.1) is 25.7 Å². The summed E-state index contributed by atoms with van der Waals surface area (Å²) in [6, 6.07) is 0. The first-order valence-electron chi connectivity index (χ1n) is 7.07. The van der Waals surface area contributed by atoms with E-state index in [9.17, 15) is 8.42 Å². The van der Waals surface area contributed by atoms with Crippen LogP contribution in [0.5, 0.6) is 0 Å². The molecule has 116 valence electrons. The Kier molecular flexibility index (Phi) is 5.38. The van der Waals surface area contributed by atoms with E-state index in [2.05, 4.69) is 5.10 Å². The molecule has 6 heteroatoms. The molecular weight excluding hydrogens is 274 g/mol. The summed E-state index contributed by atoms with van der Waals surface area (Å²) in [4.78, 5) is 0.362. The Morgan fingerprint density at radius 2 is 1.55 bits per heavy atom. The third kappa shape index (κ3) is 3.61. The van der Waals surface area contributed by atoms with Crippen LogP contribution in [0.15, 0.2) is 4.90 Å². The predicted molar refractivity (Wildman–Crippen MR) is 81.1 cm³/mol. The third-order valence-electron chi connectivity index (χ3n) is 3.18. The molecule has 20 heavy (non-hydrogen) atoms. The molecule has 0 saturated heterocycles. The molecule has 1 aromatic rings. The summed E-state index contributed by atoms with van der Waals surface area (Å²) in [7, 11) is -1.71. The van der Waals surface area contributed by atoms with Gasteiger partial charge in [-0.3, -0.25) is 4.68 Å². The van der Waals surface area contributed by atoms with Crippen LogP contribution in [0.25, 0.3) is 0 Å². The minimum absolute atomic E-state index is 0.292. The fourth-order valence-corrected chi connectivity index (χ4v) is 4.51. The van der Waals surface area contributed by atoms with Crippen molar-refractivity contribution < 1.29 is 8.42 Å². The largest absolute Gasteiger partial charge is 0.271 e. The van der Waals surface area contributed by atoms with Gasteiger partial charge in [-0.25, -0.2) is 8.42 Å². The van der Waals surface area contributed by atoms with Gasteiger partial charge in [0.15, 0.2) is 0 Å². The van der Waals surface area contributed by atoms with Gasteiger partial charge in [-0.1, -0.05) is 27.7 Å². The van der Waals surface area contributed by atoms with Gasteiger partial charge in [0.25, 0.3) is 0 Å². The van der Waals surface area contributed by atoms with Crippen LogP contribution in [0.4, 0.5) is 0 Å². The monoisotopic (exact) mass is 301 g/mol. The van der Waals surface area contributed by atoms with Crippen LogP contribution in [-0.4, -0.2) is 35.6 Å². The first-order chi connectivity index (χ1) is 9.07. The first-order valence-corrected chi connectivity index (χ1v) is 8.51. The lowest BCUT2D eigenvalue weighted by Crippen LogP contribution is -2.37. The van der Waals surface area contributed by atoms with E-state index in [1.165, 1.54) is 0 Å². The molecule has 0 aromatic carbocycles. The molecule has 5 nitrogen and oxygen atoms in total. The highest BCUT2D eigenvalue weighted by atomic mass is 32.2. The SMILES string of the molecule is Cc1nn(C)c(C)c1S(=O)(=O)N(CC(C)C)CC(C)C. The van der Waals surface area contributed by atoms with Gasteiger partial charge in [-0.05, 0) is 25.7 Å². The van der Waals surface area contributed by atoms with Crippen LogP contribution >= 0.6 is 0 Å². The number of nitrogens with zero attached hydrogens (tertiary/aromatic N) is 3. The van der Waals surface area contributed by atoms with Crippen molar-refractivity contribution in [3.05, 3.63) is 11.4 Å². The molecule has 0 N–H and O–H groups in total. The van der Waals surface area contributed by atoms with Gasteiger partial charge in [0.2, 0.25) is 10.0 Å². The van der Waals surface area contributed by atoms with E-state index in [-0.39, 0.29) is 0 Å². The Balaban J connectivity index is 3.28. The molecule has 0 aliphatic heterocycles. The molecule has 1 heterocycles. The Labute approximate surface area is 123 Å². The number of hydrogen-bond acceptors (Lipinski definition) is 3. The molecule has 0 unspecified atom stereocenters. The van der Waals surface area contributed by atoms with Crippen molar-refractivity contribution >= 4 is 10.0 Å². The standard InChI is InChI=1S/C14H27N3O2S/c1-10(2)8-17(9-11(3)4)20(18,19)14-12(5)15-16(7)13(14)6/h10-11H,8-9H2,1-7H3. The molecule has 0 radical (unpaired) electrons. The topological polar surface area (TPSA) is 55.2 Å². The second-order valence-corrected chi connectivity index (χ2v) is 8.11. The Bertz CT molecular complexity index is 549. The van der Waals surface area contributed by atoms with Crippen molar-refractivity contribution in [2.75, 3.05) is 13.1 Å². The summed E-state index contributed by atoms with van der Waals surface area (Å²) in [5.74, 6) is 0.585. The first kappa shape index (κ1) is 17.2. The van der Waals surface area contributed by atoms with Crippen molar-refractivity contribution in [2.45, 2.75) is 46.4 Å². The smallest absolute Gasteiger partial charge is 0.246 e. The van der Waals surface area contributed by atoms with Crippen molar-refractivity contribution in [1.82, 2.24) is 14.1 Å². The van der Waals surface area contributed by atoms with E-state index in [0.717, 1.165) is 0 Å². The molecule has 0 atom stereocenters. The minimum Gasteiger partial charge on any atom is -0.271 e. The molecular formula is C14H27N3O2S. The average Bonchev–Trinajstić information content (AvgIpc) is 2.50. The lowest BCUT2D eigenvalue weighted by atomic mass is 10.2. The maximum Gasteiger partial charge on any atom is 0.246 e. The Hall–Kier alpha value is -0.880. The van der Waals surface area contributed by atoms with E-state index in [0.29, 0.717) is 41.2 Å². The summed E-state index contributed by atoms with van der Waals surface area (Å²) >= 11 is 0. The highest BCUT2D eigenvalue weighted by Gasteiger charge is 2.31. The van der Waals surface area contributed by atoms with Crippen molar-refractivity contribution in [1.29, 1.82) is 0 Å². The molecule has 0 fully saturated rings. The summed E-state index contributed by atoms with van der Waals surface area (Å²) in [6.07, 6.45) is 0. The molecule has 1 rings (SSSR count). The van der Waals surface area contributed by atoms with Crippen molar-refractivity contribution in [3.63, 3.8) is 0 Å². The number of aryl methyl sites for hydroxylation is 2. The summed E-state index contributed by atoms with van der Waals surface area (Å²) in [5.41, 5.74) is 1.27. The molecule has 0 amide bonds. The molecule has 0 bridgehead atoms. The zero-order valence-corrected chi connectivity index (χ0v) is 14.5. The molecule has 0 aliphatic rings. The quantitative estimate of drug-likeness (QED) is 0.810. The fraction of sp³-hybridized carbons (Fsp3) is 0.786. The fourth-order valence-electron chi connectivity index (χ4n) is 2.34. The summed E-state index contributed by atoms with van der Waals surface area (Å²) < 4.78 is 29.1. The molecule has 0 aliphatic carbocycles. The van der Waals surface area contributed by atoms with Crippen LogP contribution in [0.3, 0.4) is 0 Å². The number of sulfonamides is 1. The zero-order chi connectivity index (χ0) is 15.7. The molecule has 1 aromatic heterocycles. The highest BCUT2D eigenvalue weighted by Crippen LogP contribution is 2.24. The van der Waals surface area contributed by atoms with Gasteiger partial charge in [-0.15, -0.1) is 0 Å². The van der Waals surface area contributed by atoms with E-state index in [4.69, 9.17) is 0 Å². The zero-order valence-electron chi connectivity index (χ0n) is 13.6. The number of hydrogen-bond donors (Lipinski definition) is 0. The summed E-state index contributed by atoms with van der Waals surface area (Å²) in [5, 5.41) is 4.23. The van der Waals surface area contributed by atoms with E-state index in [1.807, 2.05) is 27.7 Å². The van der Waals surface area contributed by atoms with E-state index in [1.54, 1.807) is 29.9 Å². The maximum absolute atomic E-state index is 12.9. The molecule has 0 spiro atoms. The van der Waals surface area contributed by atoms with E-state index < -0.39 is 10.0 Å². The van der Waals surface area contributed by atoms with Crippen LogP contribution < -0.4 is 0 Å². The van der Waals surface area contributed by atoms with Crippen molar-refractivity contribution in [3.8, 4) is 0 Å². The highest BCUT2D eigenvalue weighted by molar-refractivity contribution is 7.89. The number of aromatic nitrogens is 2. The number of rotatable bonds is 6. The van der Waals surface area contributed by atoms with Crippen molar-refractivity contribution in [2.24, 2.45) is 18.9 Å². The summed E-state index contributed by atoms with van der Waals surface area (Å²) in [6.45, 7) is 12.8. The van der Waals surface area contributed by atoms with Gasteiger partial charge >= 0.3 is 0 Å². The van der Waals surface area contributed by atoms with Gasteiger partial charge < -0.3 is 0 Å². The van der Waals surface area contributed by atoms with Gasteiger partial charge in [0, 0.05) is 20.1 Å². The normalized spacial score (nSPS) is 12.9. The van der Waals surface area contributed by atoms with Crippen LogP contribution in [0.2, 0.25) is 0 Å². The van der Waals surface area contributed by atoms with Crippen LogP contribution in [0.1, 0.15) is 39.1 Å². The van der Waals surface area contributed by atoms with Gasteiger partial charge in [0.05, 0.1) is 11.4 Å². The maximum atomic E-state index is 12.9.